The summed E-state index contributed by atoms with van der Waals surface area (Å²) < 4.78 is 6.19. The van der Waals surface area contributed by atoms with E-state index in [-0.39, 0.29) is 29.5 Å². The van der Waals surface area contributed by atoms with E-state index in [1.807, 2.05) is 0 Å². The molecule has 1 saturated carbocycles. The van der Waals surface area contributed by atoms with Crippen LogP contribution in [0.3, 0.4) is 0 Å². The molecule has 0 spiro atoms. The van der Waals surface area contributed by atoms with Gasteiger partial charge in [-0.3, -0.25) is 4.99 Å². The molecule has 0 bridgehead atoms. The van der Waals surface area contributed by atoms with Gasteiger partial charge in [0.25, 0.3) is 0 Å². The molecule has 2 N–H and O–H groups in total. The van der Waals surface area contributed by atoms with Gasteiger partial charge in [-0.05, 0) is 59.3 Å². The molecule has 0 aromatic carbocycles. The molecule has 26 heavy (non-hydrogen) atoms. The first-order valence-corrected chi connectivity index (χ1v) is 10.4. The molecule has 154 valence electrons. The van der Waals surface area contributed by atoms with E-state index in [0.717, 1.165) is 64.0 Å². The van der Waals surface area contributed by atoms with Crippen molar-refractivity contribution in [3.05, 3.63) is 0 Å². The highest BCUT2D eigenvalue weighted by molar-refractivity contribution is 14.0. The van der Waals surface area contributed by atoms with Gasteiger partial charge in [-0.15, -0.1) is 24.0 Å². The van der Waals surface area contributed by atoms with Gasteiger partial charge in [0.15, 0.2) is 5.96 Å². The molecule has 2 aliphatic rings. The van der Waals surface area contributed by atoms with Gasteiger partial charge in [-0.2, -0.15) is 0 Å². The average molecular weight is 480 g/mol. The van der Waals surface area contributed by atoms with Gasteiger partial charge < -0.3 is 20.3 Å². The maximum Gasteiger partial charge on any atom is 0.193 e. The quantitative estimate of drug-likeness (QED) is 0.253. The first kappa shape index (κ1) is 24.0. The van der Waals surface area contributed by atoms with E-state index in [2.05, 4.69) is 43.2 Å². The molecule has 0 aromatic heterocycles. The van der Waals surface area contributed by atoms with E-state index in [9.17, 15) is 0 Å². The standard InChI is InChI=1S/C20H40N4O.HI/c1-5-21-19(22-12-13-23-20(2,3)4)24-14-10-18(11-15-24)25-16-17-8-6-7-9-17;/h17-18,23H,5-16H2,1-4H3,(H,21,22);1H. The van der Waals surface area contributed by atoms with Crippen molar-refractivity contribution in [1.82, 2.24) is 15.5 Å². The number of hydrogen-bond donors (Lipinski definition) is 2. The van der Waals surface area contributed by atoms with Gasteiger partial charge in [0.1, 0.15) is 0 Å². The summed E-state index contributed by atoms with van der Waals surface area (Å²) >= 11 is 0. The summed E-state index contributed by atoms with van der Waals surface area (Å²) in [6.45, 7) is 14.5. The Labute approximate surface area is 178 Å². The number of guanidine groups is 1. The van der Waals surface area contributed by atoms with Gasteiger partial charge in [0, 0.05) is 38.3 Å². The van der Waals surface area contributed by atoms with Crippen LogP contribution >= 0.6 is 24.0 Å². The summed E-state index contributed by atoms with van der Waals surface area (Å²) in [7, 11) is 0. The molecule has 2 fully saturated rings. The summed E-state index contributed by atoms with van der Waals surface area (Å²) in [4.78, 5) is 7.20. The van der Waals surface area contributed by atoms with Crippen molar-refractivity contribution in [2.75, 3.05) is 39.3 Å². The van der Waals surface area contributed by atoms with Crippen LogP contribution in [0.25, 0.3) is 0 Å². The third-order valence-electron chi connectivity index (χ3n) is 5.15. The zero-order valence-electron chi connectivity index (χ0n) is 17.4. The lowest BCUT2D eigenvalue weighted by molar-refractivity contribution is 0.00102. The molecule has 1 aliphatic carbocycles. The Balaban J connectivity index is 0.00000338. The first-order valence-electron chi connectivity index (χ1n) is 10.4. The largest absolute Gasteiger partial charge is 0.378 e. The van der Waals surface area contributed by atoms with Crippen LogP contribution in [0.15, 0.2) is 4.99 Å². The number of aliphatic imine (C=N–C) groups is 1. The molecule has 0 atom stereocenters. The fourth-order valence-electron chi connectivity index (χ4n) is 3.70. The summed E-state index contributed by atoms with van der Waals surface area (Å²) in [5.74, 6) is 1.89. The summed E-state index contributed by atoms with van der Waals surface area (Å²) in [5, 5.41) is 6.95. The molecular weight excluding hydrogens is 439 g/mol. The van der Waals surface area contributed by atoms with Gasteiger partial charge >= 0.3 is 0 Å². The Morgan fingerprint density at radius 3 is 2.35 bits per heavy atom. The molecule has 0 amide bonds. The van der Waals surface area contributed by atoms with Crippen molar-refractivity contribution < 1.29 is 4.74 Å². The van der Waals surface area contributed by atoms with Crippen LogP contribution in [0.1, 0.15) is 66.2 Å². The Morgan fingerprint density at radius 2 is 1.77 bits per heavy atom. The highest BCUT2D eigenvalue weighted by Crippen LogP contribution is 2.26. The monoisotopic (exact) mass is 480 g/mol. The number of halogens is 1. The zero-order valence-corrected chi connectivity index (χ0v) is 19.7. The van der Waals surface area contributed by atoms with Crippen LogP contribution in [0.2, 0.25) is 0 Å². The molecule has 1 aliphatic heterocycles. The van der Waals surface area contributed by atoms with E-state index in [1.54, 1.807) is 0 Å². The van der Waals surface area contributed by atoms with Gasteiger partial charge in [-0.1, -0.05) is 12.8 Å². The lowest BCUT2D eigenvalue weighted by atomic mass is 10.1. The maximum absolute atomic E-state index is 6.19. The number of nitrogens with one attached hydrogen (secondary N) is 2. The van der Waals surface area contributed by atoms with E-state index in [1.165, 1.54) is 25.7 Å². The minimum Gasteiger partial charge on any atom is -0.378 e. The molecule has 6 heteroatoms. The predicted molar refractivity (Wildman–Crippen MR) is 122 cm³/mol. The smallest absolute Gasteiger partial charge is 0.193 e. The molecule has 1 saturated heterocycles. The molecule has 5 nitrogen and oxygen atoms in total. The minimum absolute atomic E-state index is 0. The average Bonchev–Trinajstić information content (AvgIpc) is 3.09. The second-order valence-electron chi connectivity index (χ2n) is 8.58. The Bertz CT molecular complexity index is 397. The van der Waals surface area contributed by atoms with Crippen molar-refractivity contribution in [2.24, 2.45) is 10.9 Å². The van der Waals surface area contributed by atoms with Crippen LogP contribution in [0.4, 0.5) is 0 Å². The van der Waals surface area contributed by atoms with Crippen LogP contribution in [0, 0.1) is 5.92 Å². The molecule has 2 rings (SSSR count). The summed E-state index contributed by atoms with van der Waals surface area (Å²) in [6, 6.07) is 0. The third kappa shape index (κ3) is 9.22. The van der Waals surface area contributed by atoms with Crippen LogP contribution in [-0.4, -0.2) is 61.8 Å². The summed E-state index contributed by atoms with van der Waals surface area (Å²) in [5.41, 5.74) is 0.156. The lowest BCUT2D eigenvalue weighted by Crippen LogP contribution is -2.47. The van der Waals surface area contributed by atoms with Crippen molar-refractivity contribution in [1.29, 1.82) is 0 Å². The maximum atomic E-state index is 6.19. The van der Waals surface area contributed by atoms with E-state index in [4.69, 9.17) is 9.73 Å². The first-order chi connectivity index (χ1) is 12.0. The third-order valence-corrected chi connectivity index (χ3v) is 5.15. The predicted octanol–water partition coefficient (Wildman–Crippen LogP) is 3.63. The number of ether oxygens (including phenoxy) is 1. The highest BCUT2D eigenvalue weighted by Gasteiger charge is 2.23. The molecule has 0 aromatic rings. The molecule has 0 unspecified atom stereocenters. The second-order valence-corrected chi connectivity index (χ2v) is 8.58. The second kappa shape index (κ2) is 12.4. The van der Waals surface area contributed by atoms with E-state index < -0.39 is 0 Å². The highest BCUT2D eigenvalue weighted by atomic mass is 127. The normalized spacial score (nSPS) is 20.3. The van der Waals surface area contributed by atoms with E-state index in [0.29, 0.717) is 6.10 Å². The fraction of sp³-hybridized carbons (Fsp3) is 0.950. The van der Waals surface area contributed by atoms with Crippen LogP contribution < -0.4 is 10.6 Å². The molecular formula is C20H41IN4O. The minimum atomic E-state index is 0. The Hall–Kier alpha value is -0.0800. The number of nitrogens with zero attached hydrogens (tertiary/aromatic N) is 2. The number of likely N-dealkylation sites (tertiary alicyclic amines) is 1. The van der Waals surface area contributed by atoms with Crippen molar-refractivity contribution in [2.45, 2.75) is 77.9 Å². The van der Waals surface area contributed by atoms with E-state index >= 15 is 0 Å². The van der Waals surface area contributed by atoms with Gasteiger partial charge in [0.2, 0.25) is 0 Å². The zero-order chi connectivity index (χ0) is 18.1. The van der Waals surface area contributed by atoms with Gasteiger partial charge in [-0.25, -0.2) is 0 Å². The number of piperidine rings is 1. The number of hydrogen-bond acceptors (Lipinski definition) is 3. The molecule has 0 radical (unpaired) electrons. The molecule has 1 heterocycles. The number of rotatable bonds is 7. The topological polar surface area (TPSA) is 48.9 Å². The van der Waals surface area contributed by atoms with Crippen molar-refractivity contribution >= 4 is 29.9 Å². The van der Waals surface area contributed by atoms with Crippen molar-refractivity contribution in [3.8, 4) is 0 Å². The van der Waals surface area contributed by atoms with Crippen LogP contribution in [-0.2, 0) is 4.74 Å². The SMILES string of the molecule is CCNC(=NCCNC(C)(C)C)N1CCC(OCC2CCCC2)CC1.I. The Morgan fingerprint density at radius 1 is 1.12 bits per heavy atom. The lowest BCUT2D eigenvalue weighted by Gasteiger charge is -2.34. The van der Waals surface area contributed by atoms with Crippen molar-refractivity contribution in [3.63, 3.8) is 0 Å². The van der Waals surface area contributed by atoms with Crippen LogP contribution in [0.5, 0.6) is 0 Å². The van der Waals surface area contributed by atoms with Gasteiger partial charge in [0.05, 0.1) is 12.6 Å². The fourth-order valence-corrected chi connectivity index (χ4v) is 3.70. The summed E-state index contributed by atoms with van der Waals surface area (Å²) in [6.07, 6.45) is 8.24. The Kier molecular flexibility index (Phi) is 11.4.